The van der Waals surface area contributed by atoms with Crippen molar-refractivity contribution in [2.24, 2.45) is 0 Å². The molecule has 0 fully saturated rings. The van der Waals surface area contributed by atoms with Crippen LogP contribution in [-0.4, -0.2) is 68.4 Å². The van der Waals surface area contributed by atoms with Crippen molar-refractivity contribution < 1.29 is 149 Å². The maximum atomic E-state index is 10.1. The number of aliphatic carboxylic acids is 1. The molecule has 0 aliphatic carbocycles. The third-order valence-corrected chi connectivity index (χ3v) is 2.18. The summed E-state index contributed by atoms with van der Waals surface area (Å²) in [5.41, 5.74) is 0. The molecule has 0 heterocycles. The molecule has 0 aromatic heterocycles. The second kappa shape index (κ2) is 18.1. The van der Waals surface area contributed by atoms with E-state index < -0.39 is 44.8 Å². The molecule has 22 heavy (non-hydrogen) atoms. The molecule has 0 aliphatic rings. The molecule has 4 unspecified atom stereocenters. The summed E-state index contributed by atoms with van der Waals surface area (Å²) in [6.45, 7) is -1.19. The molecule has 118 valence electrons. The largest absolute Gasteiger partial charge is 1.00 e. The van der Waals surface area contributed by atoms with Crippen LogP contribution in [0.1, 0.15) is 0 Å². The van der Waals surface area contributed by atoms with Crippen molar-refractivity contribution in [3.05, 3.63) is 0 Å². The Kier molecular flexibility index (Phi) is 32.5. The van der Waals surface area contributed by atoms with Crippen molar-refractivity contribution in [3.8, 4) is 0 Å². The summed E-state index contributed by atoms with van der Waals surface area (Å²) in [6, 6.07) is 0. The van der Waals surface area contributed by atoms with Gasteiger partial charge in [0, 0.05) is 0 Å². The summed E-state index contributed by atoms with van der Waals surface area (Å²) < 4.78 is 13.6. The van der Waals surface area contributed by atoms with Gasteiger partial charge in [0.25, 0.3) is 0 Å². The zero-order valence-corrected chi connectivity index (χ0v) is 19.1. The number of hydrogen-bond acceptors (Lipinski definition) is 10. The maximum absolute atomic E-state index is 10.1. The molecule has 12 nitrogen and oxygen atoms in total. The van der Waals surface area contributed by atoms with E-state index in [0.717, 1.165) is 0 Å². The van der Waals surface area contributed by atoms with Crippen LogP contribution in [0.2, 0.25) is 0 Å². The molecule has 4 atom stereocenters. The van der Waals surface area contributed by atoms with Gasteiger partial charge >= 0.3 is 88.7 Å². The van der Waals surface area contributed by atoms with E-state index in [1.165, 1.54) is 0 Å². The smallest absolute Gasteiger partial charge is 0.790 e. The second-order valence-electron chi connectivity index (χ2n) is 3.06. The molecule has 0 rings (SSSR count). The first-order valence-corrected chi connectivity index (χ1v) is 5.62. The van der Waals surface area contributed by atoms with E-state index in [-0.39, 0.29) is 99.6 Å². The normalized spacial score (nSPS) is 15.0. The number of hydrogen-bond donors (Lipinski definition) is 4. The van der Waals surface area contributed by atoms with Crippen molar-refractivity contribution in [3.63, 3.8) is 0 Å². The summed E-state index contributed by atoms with van der Waals surface area (Å²) in [5.74, 6) is -2.11. The van der Waals surface area contributed by atoms with Crippen molar-refractivity contribution in [2.45, 2.75) is 24.4 Å². The zero-order valence-electron chi connectivity index (χ0n) is 12.2. The average molecular weight is 378 g/mol. The topological polar surface area (TPSA) is 256 Å². The Morgan fingerprint density at radius 2 is 1.36 bits per heavy atom. The second-order valence-corrected chi connectivity index (χ2v) is 4.21. The Labute approximate surface area is 191 Å². The quantitative estimate of drug-likeness (QED) is 0.240. The number of phosphoric acid groups is 1. The molecular formula is C6H14Na3O12P. The zero-order chi connectivity index (χ0) is 13.8. The van der Waals surface area contributed by atoms with Crippen molar-refractivity contribution in [1.29, 1.82) is 0 Å². The van der Waals surface area contributed by atoms with Gasteiger partial charge in [-0.2, -0.15) is 0 Å². The van der Waals surface area contributed by atoms with Crippen LogP contribution in [0.5, 0.6) is 0 Å². The minimum absolute atomic E-state index is 0. The fourth-order valence-electron chi connectivity index (χ4n) is 0.820. The van der Waals surface area contributed by atoms with Gasteiger partial charge in [0.15, 0.2) is 0 Å². The number of carboxylic acid groups (broad SMARTS) is 1. The third-order valence-electron chi connectivity index (χ3n) is 1.71. The number of phosphoric ester groups is 1. The van der Waals surface area contributed by atoms with Crippen molar-refractivity contribution in [1.82, 2.24) is 0 Å². The van der Waals surface area contributed by atoms with Crippen LogP contribution in [0.3, 0.4) is 0 Å². The maximum Gasteiger partial charge on any atom is 1.00 e. The summed E-state index contributed by atoms with van der Waals surface area (Å²) in [4.78, 5) is 30.1. The summed E-state index contributed by atoms with van der Waals surface area (Å²) in [5, 5.41) is 45.9. The first-order chi connectivity index (χ1) is 7.56. The van der Waals surface area contributed by atoms with Crippen LogP contribution in [0.25, 0.3) is 0 Å². The number of aliphatic hydroxyl groups is 4. The van der Waals surface area contributed by atoms with Gasteiger partial charge in [-0.05, 0) is 0 Å². The molecule has 0 radical (unpaired) electrons. The van der Waals surface area contributed by atoms with E-state index in [1.54, 1.807) is 0 Å². The standard InChI is InChI=1S/C6H13O10P.3Na.2H2O/c7-2(1-16-17(13,14)15)3(8)4(9)5(10)6(11)12;;;;;/h2-5,7-10H,1H2,(H,11,12)(H2,13,14,15);;;;2*1H2/q;3*+1;;/p-3. The molecule has 0 aromatic carbocycles. The van der Waals surface area contributed by atoms with Crippen LogP contribution in [0, 0.1) is 0 Å². The van der Waals surface area contributed by atoms with E-state index in [9.17, 15) is 24.3 Å². The number of rotatable bonds is 7. The molecule has 0 saturated carbocycles. The fourth-order valence-corrected chi connectivity index (χ4v) is 1.16. The van der Waals surface area contributed by atoms with Crippen LogP contribution >= 0.6 is 7.82 Å². The molecule has 8 N–H and O–H groups in total. The number of carbonyl (C=O) groups is 1. The van der Waals surface area contributed by atoms with Gasteiger partial charge < -0.3 is 60.2 Å². The molecule has 0 aliphatic heterocycles. The predicted octanol–water partition coefficient (Wildman–Crippen LogP) is -16.6. The van der Waals surface area contributed by atoms with Crippen LogP contribution < -0.4 is 104 Å². The number of aliphatic hydroxyl groups excluding tert-OH is 4. The van der Waals surface area contributed by atoms with Gasteiger partial charge in [-0.15, -0.1) is 0 Å². The molecule has 0 saturated heterocycles. The molecule has 0 amide bonds. The minimum Gasteiger partial charge on any atom is -0.790 e. The van der Waals surface area contributed by atoms with Crippen LogP contribution in [0.15, 0.2) is 0 Å². The van der Waals surface area contributed by atoms with Gasteiger partial charge in [0.05, 0.1) is 20.4 Å². The van der Waals surface area contributed by atoms with Gasteiger partial charge in [0.2, 0.25) is 0 Å². The Morgan fingerprint density at radius 1 is 1.00 bits per heavy atom. The monoisotopic (exact) mass is 378 g/mol. The first kappa shape index (κ1) is 39.4. The Bertz CT molecular complexity index is 313. The van der Waals surface area contributed by atoms with Crippen molar-refractivity contribution in [2.75, 3.05) is 6.61 Å². The molecule has 0 bridgehead atoms. The summed E-state index contributed by atoms with van der Waals surface area (Å²) >= 11 is 0. The van der Waals surface area contributed by atoms with E-state index in [2.05, 4.69) is 4.52 Å². The minimum atomic E-state index is -5.38. The summed E-state index contributed by atoms with van der Waals surface area (Å²) in [6.07, 6.45) is -9.16. The van der Waals surface area contributed by atoms with E-state index in [1.807, 2.05) is 0 Å². The Hall–Kier alpha value is 2.34. The van der Waals surface area contributed by atoms with E-state index in [0.29, 0.717) is 0 Å². The number of carboxylic acids is 1. The molecular weight excluding hydrogens is 364 g/mol. The number of carbonyl (C=O) groups excluding carboxylic acids is 1. The summed E-state index contributed by atoms with van der Waals surface area (Å²) in [7, 11) is -5.38. The molecule has 0 aromatic rings. The van der Waals surface area contributed by atoms with E-state index >= 15 is 0 Å². The van der Waals surface area contributed by atoms with Crippen molar-refractivity contribution >= 4 is 13.8 Å². The van der Waals surface area contributed by atoms with Crippen LogP contribution in [-0.2, 0) is 13.9 Å². The van der Waals surface area contributed by atoms with Gasteiger partial charge in [-0.25, -0.2) is 0 Å². The third kappa shape index (κ3) is 17.2. The molecule has 0 spiro atoms. The van der Waals surface area contributed by atoms with Crippen LogP contribution in [0.4, 0.5) is 0 Å². The fraction of sp³-hybridized carbons (Fsp3) is 0.833. The average Bonchev–Trinajstić information content (AvgIpc) is 2.21. The van der Waals surface area contributed by atoms with E-state index in [4.69, 9.17) is 20.4 Å². The van der Waals surface area contributed by atoms with Gasteiger partial charge in [0.1, 0.15) is 24.4 Å². The first-order valence-electron chi connectivity index (χ1n) is 4.16. The SMILES string of the molecule is O.O.O=C([O-])C(O)C(O)C(O)C(O)COP(=O)([O-])[O-].[Na+].[Na+].[Na+]. The molecule has 16 heteroatoms. The Morgan fingerprint density at radius 3 is 1.64 bits per heavy atom. The van der Waals surface area contributed by atoms with Gasteiger partial charge in [-0.3, -0.25) is 0 Å². The Balaban J connectivity index is -0.000000128. The van der Waals surface area contributed by atoms with Gasteiger partial charge in [-0.1, -0.05) is 0 Å². The predicted molar refractivity (Wildman–Crippen MR) is 49.8 cm³/mol.